The number of hydrogen-bond donors (Lipinski definition) is 1. The third-order valence-electron chi connectivity index (χ3n) is 3.77. The molecule has 0 radical (unpaired) electrons. The molecule has 1 atom stereocenters. The minimum absolute atomic E-state index is 0.168. The van der Waals surface area contributed by atoms with Gasteiger partial charge >= 0.3 is 0 Å². The van der Waals surface area contributed by atoms with Crippen LogP contribution in [0.4, 0.5) is 0 Å². The molecule has 1 unspecified atom stereocenters. The van der Waals surface area contributed by atoms with Crippen LogP contribution in [0.25, 0.3) is 0 Å². The lowest BCUT2D eigenvalue weighted by Crippen LogP contribution is -2.41. The second-order valence-corrected chi connectivity index (χ2v) is 7.20. The summed E-state index contributed by atoms with van der Waals surface area (Å²) in [4.78, 5) is 0.252. The molecule has 2 heterocycles. The number of ether oxygens (including phenoxy) is 1. The SMILES string of the molecule is COCC1CCCN(S(=O)(=O)c2cc(CO)n(C)c2)C1. The molecule has 114 valence electrons. The molecule has 2 rings (SSSR count). The standard InChI is InChI=1S/C13H22N2O4S/c1-14-8-13(6-12(14)9-16)20(17,18)15-5-3-4-11(7-15)10-19-2/h6,8,11,16H,3-5,7,9-10H2,1-2H3. The van der Waals surface area contributed by atoms with Crippen molar-refractivity contribution >= 4 is 10.0 Å². The van der Waals surface area contributed by atoms with Crippen molar-refractivity contribution in [3.05, 3.63) is 18.0 Å². The lowest BCUT2D eigenvalue weighted by atomic mass is 10.0. The van der Waals surface area contributed by atoms with Crippen LogP contribution >= 0.6 is 0 Å². The monoisotopic (exact) mass is 302 g/mol. The summed E-state index contributed by atoms with van der Waals surface area (Å²) in [5, 5.41) is 9.17. The predicted molar refractivity (Wildman–Crippen MR) is 74.7 cm³/mol. The quantitative estimate of drug-likeness (QED) is 0.863. The molecule has 1 fully saturated rings. The lowest BCUT2D eigenvalue weighted by Gasteiger charge is -2.31. The van der Waals surface area contributed by atoms with Gasteiger partial charge in [-0.1, -0.05) is 0 Å². The first-order chi connectivity index (χ1) is 9.48. The van der Waals surface area contributed by atoms with Crippen LogP contribution in [-0.4, -0.2) is 49.2 Å². The number of hydrogen-bond acceptors (Lipinski definition) is 4. The van der Waals surface area contributed by atoms with Crippen LogP contribution in [0, 0.1) is 5.92 Å². The number of aromatic nitrogens is 1. The predicted octanol–water partition coefficient (Wildman–Crippen LogP) is 0.564. The van der Waals surface area contributed by atoms with Gasteiger partial charge in [0.15, 0.2) is 0 Å². The maximum absolute atomic E-state index is 12.6. The zero-order valence-corrected chi connectivity index (χ0v) is 12.8. The van der Waals surface area contributed by atoms with Crippen molar-refractivity contribution in [1.29, 1.82) is 0 Å². The number of methoxy groups -OCH3 is 1. The minimum Gasteiger partial charge on any atom is -0.390 e. The van der Waals surface area contributed by atoms with Gasteiger partial charge in [0.05, 0.1) is 13.2 Å². The van der Waals surface area contributed by atoms with Crippen molar-refractivity contribution in [2.24, 2.45) is 13.0 Å². The third kappa shape index (κ3) is 3.06. The molecule has 0 bridgehead atoms. The van der Waals surface area contributed by atoms with E-state index in [-0.39, 0.29) is 17.4 Å². The van der Waals surface area contributed by atoms with Crippen molar-refractivity contribution in [2.45, 2.75) is 24.3 Å². The van der Waals surface area contributed by atoms with E-state index in [4.69, 9.17) is 4.74 Å². The Bertz CT molecular complexity index is 551. The first kappa shape index (κ1) is 15.5. The van der Waals surface area contributed by atoms with Crippen LogP contribution in [0.2, 0.25) is 0 Å². The average molecular weight is 302 g/mol. The van der Waals surface area contributed by atoms with E-state index in [1.807, 2.05) is 0 Å². The van der Waals surface area contributed by atoms with E-state index in [2.05, 4.69) is 0 Å². The summed E-state index contributed by atoms with van der Waals surface area (Å²) in [6, 6.07) is 1.54. The lowest BCUT2D eigenvalue weighted by molar-refractivity contribution is 0.118. The molecule has 1 aromatic heterocycles. The van der Waals surface area contributed by atoms with E-state index in [0.29, 0.717) is 25.4 Å². The summed E-state index contributed by atoms with van der Waals surface area (Å²) < 4.78 is 33.5. The van der Waals surface area contributed by atoms with Crippen molar-refractivity contribution in [3.63, 3.8) is 0 Å². The topological polar surface area (TPSA) is 71.8 Å². The van der Waals surface area contributed by atoms with Gasteiger partial charge in [0.2, 0.25) is 10.0 Å². The first-order valence-electron chi connectivity index (χ1n) is 6.74. The van der Waals surface area contributed by atoms with Crippen molar-refractivity contribution in [3.8, 4) is 0 Å². The molecule has 1 aliphatic heterocycles. The van der Waals surface area contributed by atoms with Gasteiger partial charge in [0.1, 0.15) is 4.90 Å². The summed E-state index contributed by atoms with van der Waals surface area (Å²) in [5.74, 6) is 0.254. The molecular formula is C13H22N2O4S. The number of sulfonamides is 1. The average Bonchev–Trinajstić information content (AvgIpc) is 2.81. The van der Waals surface area contributed by atoms with Gasteiger partial charge in [0.25, 0.3) is 0 Å². The van der Waals surface area contributed by atoms with Crippen LogP contribution in [0.1, 0.15) is 18.5 Å². The Morgan fingerprint density at radius 3 is 2.85 bits per heavy atom. The van der Waals surface area contributed by atoms with E-state index in [1.165, 1.54) is 10.4 Å². The Balaban J connectivity index is 2.20. The van der Waals surface area contributed by atoms with Crippen LogP contribution in [0.3, 0.4) is 0 Å². The third-order valence-corrected chi connectivity index (χ3v) is 5.60. The van der Waals surface area contributed by atoms with Crippen LogP contribution in [0.5, 0.6) is 0 Å². The van der Waals surface area contributed by atoms with Gasteiger partial charge in [-0.25, -0.2) is 8.42 Å². The molecule has 7 heteroatoms. The van der Waals surface area contributed by atoms with Gasteiger partial charge < -0.3 is 14.4 Å². The van der Waals surface area contributed by atoms with Crippen molar-refractivity contribution in [2.75, 3.05) is 26.8 Å². The summed E-state index contributed by atoms with van der Waals surface area (Å²) in [5.41, 5.74) is 0.592. The fourth-order valence-electron chi connectivity index (χ4n) is 2.64. The molecule has 0 amide bonds. The van der Waals surface area contributed by atoms with Crippen molar-refractivity contribution < 1.29 is 18.3 Å². The van der Waals surface area contributed by atoms with Crippen LogP contribution < -0.4 is 0 Å². The van der Waals surface area contributed by atoms with Gasteiger partial charge in [-0.2, -0.15) is 4.31 Å². The Hall–Kier alpha value is -0.890. The number of aliphatic hydroxyl groups excluding tert-OH is 1. The second-order valence-electron chi connectivity index (χ2n) is 5.26. The Morgan fingerprint density at radius 1 is 1.50 bits per heavy atom. The molecule has 1 N–H and O–H groups in total. The summed E-state index contributed by atoms with van der Waals surface area (Å²) in [6.45, 7) is 1.46. The Kier molecular flexibility index (Phi) is 4.85. The molecule has 0 aliphatic carbocycles. The summed E-state index contributed by atoms with van der Waals surface area (Å²) in [7, 11) is -0.111. The van der Waals surface area contributed by atoms with Crippen LogP contribution in [-0.2, 0) is 28.4 Å². The molecule has 6 nitrogen and oxygen atoms in total. The van der Waals surface area contributed by atoms with Crippen molar-refractivity contribution in [1.82, 2.24) is 8.87 Å². The smallest absolute Gasteiger partial charge is 0.244 e. The summed E-state index contributed by atoms with van der Waals surface area (Å²) >= 11 is 0. The zero-order valence-electron chi connectivity index (χ0n) is 11.9. The number of nitrogens with zero attached hydrogens (tertiary/aromatic N) is 2. The largest absolute Gasteiger partial charge is 0.390 e. The first-order valence-corrected chi connectivity index (χ1v) is 8.18. The molecule has 20 heavy (non-hydrogen) atoms. The van der Waals surface area contributed by atoms with E-state index in [1.54, 1.807) is 24.9 Å². The molecule has 0 saturated carbocycles. The molecule has 1 aromatic rings. The molecule has 1 saturated heterocycles. The van der Waals surface area contributed by atoms with Gasteiger partial charge in [-0.3, -0.25) is 0 Å². The fraction of sp³-hybridized carbons (Fsp3) is 0.692. The highest BCUT2D eigenvalue weighted by Crippen LogP contribution is 2.25. The fourth-order valence-corrected chi connectivity index (χ4v) is 4.29. The normalized spacial score (nSPS) is 21.2. The Labute approximate surface area is 120 Å². The molecule has 0 aromatic carbocycles. The second kappa shape index (κ2) is 6.26. The number of aliphatic hydroxyl groups is 1. The number of rotatable bonds is 5. The van der Waals surface area contributed by atoms with Gasteiger partial charge in [0, 0.05) is 39.1 Å². The van der Waals surface area contributed by atoms with E-state index >= 15 is 0 Å². The maximum atomic E-state index is 12.6. The highest BCUT2D eigenvalue weighted by molar-refractivity contribution is 7.89. The van der Waals surface area contributed by atoms with Gasteiger partial charge in [-0.15, -0.1) is 0 Å². The number of aryl methyl sites for hydroxylation is 1. The maximum Gasteiger partial charge on any atom is 0.244 e. The molecular weight excluding hydrogens is 280 g/mol. The van der Waals surface area contributed by atoms with E-state index < -0.39 is 10.0 Å². The van der Waals surface area contributed by atoms with Gasteiger partial charge in [-0.05, 0) is 24.8 Å². The number of piperidine rings is 1. The molecule has 0 spiro atoms. The van der Waals surface area contributed by atoms with E-state index in [9.17, 15) is 13.5 Å². The minimum atomic E-state index is -3.48. The van der Waals surface area contributed by atoms with E-state index in [0.717, 1.165) is 12.8 Å². The zero-order chi connectivity index (χ0) is 14.8. The van der Waals surface area contributed by atoms with Crippen LogP contribution in [0.15, 0.2) is 17.2 Å². The summed E-state index contributed by atoms with van der Waals surface area (Å²) in [6.07, 6.45) is 3.41. The highest BCUT2D eigenvalue weighted by atomic mass is 32.2. The Morgan fingerprint density at radius 2 is 2.25 bits per heavy atom. The highest BCUT2D eigenvalue weighted by Gasteiger charge is 2.31. The molecule has 1 aliphatic rings.